The highest BCUT2D eigenvalue weighted by atomic mass is 16.1. The Kier molecular flexibility index (Phi) is 2.23. The summed E-state index contributed by atoms with van der Waals surface area (Å²) in [5.41, 5.74) is 0. The second-order valence-corrected chi connectivity index (χ2v) is 2.74. The molecule has 0 aliphatic carbocycles. The largest absolute Gasteiger partial charge is 0.354 e. The summed E-state index contributed by atoms with van der Waals surface area (Å²) in [6.07, 6.45) is 0.482. The van der Waals surface area contributed by atoms with Gasteiger partial charge in [-0.05, 0) is 19.3 Å². The molecule has 0 radical (unpaired) electrons. The highest BCUT2D eigenvalue weighted by Gasteiger charge is 2.04. The first kappa shape index (κ1) is 5.16. The van der Waals surface area contributed by atoms with Gasteiger partial charge < -0.3 is 5.32 Å². The average molecular weight is 146 g/mol. The van der Waals surface area contributed by atoms with Gasteiger partial charge in [0, 0.05) is 17.1 Å². The van der Waals surface area contributed by atoms with Crippen LogP contribution < -0.4 is 5.32 Å². The molecular formula is C8H17NO. The highest BCUT2D eigenvalue weighted by Crippen LogP contribution is 2.02. The zero-order chi connectivity index (χ0) is 10.6. The molecule has 0 aliphatic heterocycles. The van der Waals surface area contributed by atoms with Crippen LogP contribution in [-0.2, 0) is 4.79 Å². The van der Waals surface area contributed by atoms with Gasteiger partial charge in [-0.2, -0.15) is 0 Å². The van der Waals surface area contributed by atoms with E-state index < -0.39 is 6.85 Å². The fourth-order valence-electron chi connectivity index (χ4n) is 0.936. The van der Waals surface area contributed by atoms with Crippen molar-refractivity contribution in [2.45, 2.75) is 40.1 Å². The first-order valence-electron chi connectivity index (χ1n) is 5.00. The van der Waals surface area contributed by atoms with E-state index in [9.17, 15) is 4.79 Å². The van der Waals surface area contributed by atoms with Crippen molar-refractivity contribution >= 4 is 5.91 Å². The lowest BCUT2D eigenvalue weighted by atomic mass is 10.1. The van der Waals surface area contributed by atoms with E-state index in [2.05, 4.69) is 5.32 Å². The first-order valence-corrected chi connectivity index (χ1v) is 3.50. The molecule has 60 valence electrons. The molecule has 0 heterocycles. The second kappa shape index (κ2) is 4.31. The van der Waals surface area contributed by atoms with Crippen molar-refractivity contribution in [3.05, 3.63) is 0 Å². The van der Waals surface area contributed by atoms with Crippen LogP contribution in [-0.4, -0.2) is 11.9 Å². The lowest BCUT2D eigenvalue weighted by molar-refractivity contribution is -0.119. The molecule has 2 atom stereocenters. The maximum absolute atomic E-state index is 10.6. The van der Waals surface area contributed by atoms with Gasteiger partial charge in [0.15, 0.2) is 0 Å². The van der Waals surface area contributed by atoms with E-state index in [1.807, 2.05) is 6.92 Å². The fourth-order valence-corrected chi connectivity index (χ4v) is 0.936. The Hall–Kier alpha value is -0.530. The van der Waals surface area contributed by atoms with Crippen molar-refractivity contribution < 1.29 is 8.91 Å². The Bertz CT molecular complexity index is 179. The molecule has 0 aromatic rings. The minimum absolute atomic E-state index is 0.0760. The van der Waals surface area contributed by atoms with E-state index in [0.29, 0.717) is 6.42 Å². The van der Waals surface area contributed by atoms with Crippen LogP contribution in [0.5, 0.6) is 0 Å². The molecule has 10 heavy (non-hydrogen) atoms. The van der Waals surface area contributed by atoms with Gasteiger partial charge >= 0.3 is 0 Å². The van der Waals surface area contributed by atoms with Gasteiger partial charge in [-0.1, -0.05) is 13.8 Å². The summed E-state index contributed by atoms with van der Waals surface area (Å²) in [5.74, 6) is -0.500. The molecule has 2 heteroatoms. The lowest BCUT2D eigenvalue weighted by Crippen LogP contribution is -2.31. The molecule has 2 nitrogen and oxygen atoms in total. The molecule has 0 aromatic carbocycles. The van der Waals surface area contributed by atoms with Gasteiger partial charge in [-0.3, -0.25) is 4.79 Å². The number of amides is 1. The summed E-state index contributed by atoms with van der Waals surface area (Å²) < 4.78 is 21.4. The summed E-state index contributed by atoms with van der Waals surface area (Å²) >= 11 is 0. The third kappa shape index (κ3) is 5.60. The Morgan fingerprint density at radius 2 is 2.30 bits per heavy atom. The summed E-state index contributed by atoms with van der Waals surface area (Å²) in [6.45, 7) is 2.98. The standard InChI is InChI=1S/C8H17NO/c1-6(2)5-7(3)9-8(4)10/h6-7H,5H2,1-4H3,(H,9,10)/i1D3. The molecule has 0 saturated heterocycles. The first-order chi connectivity index (χ1) is 5.73. The Balaban J connectivity index is 3.92. The molecule has 0 spiro atoms. The Morgan fingerprint density at radius 1 is 1.70 bits per heavy atom. The highest BCUT2D eigenvalue weighted by molar-refractivity contribution is 5.73. The van der Waals surface area contributed by atoms with Crippen LogP contribution in [0.3, 0.4) is 0 Å². The zero-order valence-corrected chi connectivity index (χ0v) is 6.77. The van der Waals surface area contributed by atoms with E-state index >= 15 is 0 Å². The molecular weight excluding hydrogens is 126 g/mol. The topological polar surface area (TPSA) is 29.1 Å². The molecule has 2 unspecified atom stereocenters. The summed E-state index contributed by atoms with van der Waals surface area (Å²) in [4.78, 5) is 10.6. The smallest absolute Gasteiger partial charge is 0.217 e. The number of carbonyl (C=O) groups is 1. The number of rotatable bonds is 3. The maximum Gasteiger partial charge on any atom is 0.217 e. The van der Waals surface area contributed by atoms with Crippen LogP contribution >= 0.6 is 0 Å². The normalized spacial score (nSPS) is 21.7. The Morgan fingerprint density at radius 3 is 2.70 bits per heavy atom. The van der Waals surface area contributed by atoms with E-state index in [1.165, 1.54) is 6.92 Å². The minimum Gasteiger partial charge on any atom is -0.354 e. The predicted molar refractivity (Wildman–Crippen MR) is 42.7 cm³/mol. The van der Waals surface area contributed by atoms with Crippen molar-refractivity contribution in [1.82, 2.24) is 5.32 Å². The van der Waals surface area contributed by atoms with Crippen LogP contribution in [0.25, 0.3) is 0 Å². The van der Waals surface area contributed by atoms with Crippen molar-refractivity contribution in [3.8, 4) is 0 Å². The number of nitrogens with one attached hydrogen (secondary N) is 1. The summed E-state index contributed by atoms with van der Waals surface area (Å²) in [7, 11) is 0. The van der Waals surface area contributed by atoms with Crippen LogP contribution in [0.2, 0.25) is 0 Å². The zero-order valence-electron chi connectivity index (χ0n) is 9.77. The maximum atomic E-state index is 10.6. The van der Waals surface area contributed by atoms with Crippen LogP contribution in [0.15, 0.2) is 0 Å². The van der Waals surface area contributed by atoms with Crippen LogP contribution in [0, 0.1) is 5.92 Å². The second-order valence-electron chi connectivity index (χ2n) is 2.74. The molecule has 1 N–H and O–H groups in total. The predicted octanol–water partition coefficient (Wildman–Crippen LogP) is 1.56. The van der Waals surface area contributed by atoms with Gasteiger partial charge in [0.1, 0.15) is 0 Å². The number of hydrogen-bond donors (Lipinski definition) is 1. The average Bonchev–Trinajstić information content (AvgIpc) is 1.82. The van der Waals surface area contributed by atoms with Crippen molar-refractivity contribution in [2.24, 2.45) is 5.92 Å². The van der Waals surface area contributed by atoms with Crippen molar-refractivity contribution in [2.75, 3.05) is 0 Å². The van der Waals surface area contributed by atoms with Gasteiger partial charge in [0.25, 0.3) is 0 Å². The molecule has 0 bridgehead atoms. The van der Waals surface area contributed by atoms with Crippen molar-refractivity contribution in [1.29, 1.82) is 0 Å². The fraction of sp³-hybridized carbons (Fsp3) is 0.875. The summed E-state index contributed by atoms with van der Waals surface area (Å²) in [6, 6.07) is -0.0760. The molecule has 0 aliphatic rings. The number of hydrogen-bond acceptors (Lipinski definition) is 1. The molecule has 0 fully saturated rings. The van der Waals surface area contributed by atoms with Gasteiger partial charge in [0.2, 0.25) is 5.91 Å². The molecule has 0 saturated carbocycles. The third-order valence-corrected chi connectivity index (χ3v) is 1.16. The monoisotopic (exact) mass is 146 g/mol. The molecule has 1 amide bonds. The van der Waals surface area contributed by atoms with Crippen LogP contribution in [0.4, 0.5) is 0 Å². The van der Waals surface area contributed by atoms with Crippen LogP contribution in [0.1, 0.15) is 38.2 Å². The van der Waals surface area contributed by atoms with Gasteiger partial charge in [0.05, 0.1) is 0 Å². The minimum atomic E-state index is -1.92. The SMILES string of the molecule is [2H]C([2H])([2H])C(C)CC(C)NC(C)=O. The third-order valence-electron chi connectivity index (χ3n) is 1.16. The van der Waals surface area contributed by atoms with E-state index in [4.69, 9.17) is 4.11 Å². The van der Waals surface area contributed by atoms with E-state index in [0.717, 1.165) is 0 Å². The molecule has 0 rings (SSSR count). The van der Waals surface area contributed by atoms with E-state index in [1.54, 1.807) is 6.92 Å². The van der Waals surface area contributed by atoms with E-state index in [-0.39, 0.29) is 17.9 Å². The van der Waals surface area contributed by atoms with Crippen molar-refractivity contribution in [3.63, 3.8) is 0 Å². The quantitative estimate of drug-likeness (QED) is 0.643. The summed E-state index contributed by atoms with van der Waals surface area (Å²) in [5, 5.41) is 2.66. The number of carbonyl (C=O) groups excluding carboxylic acids is 1. The van der Waals surface area contributed by atoms with Gasteiger partial charge in [-0.15, -0.1) is 0 Å². The van der Waals surface area contributed by atoms with Gasteiger partial charge in [-0.25, -0.2) is 0 Å². The lowest BCUT2D eigenvalue weighted by Gasteiger charge is -2.13. The molecule has 0 aromatic heterocycles. The Labute approximate surface area is 67.2 Å².